The molecule has 100 valence electrons. The molecule has 2 rings (SSSR count). The second-order valence-electron chi connectivity index (χ2n) is 4.73. The van der Waals surface area contributed by atoms with Gasteiger partial charge in [0.1, 0.15) is 11.6 Å². The second-order valence-corrected chi connectivity index (χ2v) is 4.73. The van der Waals surface area contributed by atoms with E-state index in [0.29, 0.717) is 17.7 Å². The molecule has 0 aliphatic heterocycles. The summed E-state index contributed by atoms with van der Waals surface area (Å²) in [5.74, 6) is -1.00. The Labute approximate surface area is 112 Å². The van der Waals surface area contributed by atoms with Crippen molar-refractivity contribution in [2.75, 3.05) is 7.05 Å². The van der Waals surface area contributed by atoms with Crippen molar-refractivity contribution < 1.29 is 8.78 Å². The molecule has 0 aliphatic rings. The predicted octanol–water partition coefficient (Wildman–Crippen LogP) is 3.97. The van der Waals surface area contributed by atoms with Gasteiger partial charge in [-0.3, -0.25) is 0 Å². The van der Waals surface area contributed by atoms with E-state index in [4.69, 9.17) is 0 Å². The summed E-state index contributed by atoms with van der Waals surface area (Å²) in [6, 6.07) is 8.47. The van der Waals surface area contributed by atoms with Crippen molar-refractivity contribution in [2.45, 2.75) is 20.4 Å². The quantitative estimate of drug-likeness (QED) is 0.881. The fourth-order valence-electron chi connectivity index (χ4n) is 2.16. The molecule has 19 heavy (non-hydrogen) atoms. The van der Waals surface area contributed by atoms with Gasteiger partial charge >= 0.3 is 0 Å². The highest BCUT2D eigenvalue weighted by molar-refractivity contribution is 5.70. The summed E-state index contributed by atoms with van der Waals surface area (Å²) in [5, 5.41) is 3.04. The lowest BCUT2D eigenvalue weighted by Gasteiger charge is -2.12. The highest BCUT2D eigenvalue weighted by Gasteiger charge is 2.15. The molecule has 1 N–H and O–H groups in total. The topological polar surface area (TPSA) is 12.0 Å². The molecule has 0 unspecified atom stereocenters. The summed E-state index contributed by atoms with van der Waals surface area (Å²) in [6.07, 6.45) is 0. The van der Waals surface area contributed by atoms with Crippen LogP contribution in [0.15, 0.2) is 30.3 Å². The first-order valence-corrected chi connectivity index (χ1v) is 6.23. The summed E-state index contributed by atoms with van der Waals surface area (Å²) in [5.41, 5.74) is 3.00. The lowest BCUT2D eigenvalue weighted by Crippen LogP contribution is -2.05. The minimum Gasteiger partial charge on any atom is -0.316 e. The van der Waals surface area contributed by atoms with Crippen LogP contribution in [0.1, 0.15) is 16.7 Å². The maximum absolute atomic E-state index is 14.2. The number of benzene rings is 2. The summed E-state index contributed by atoms with van der Waals surface area (Å²) in [7, 11) is 1.84. The lowest BCUT2D eigenvalue weighted by atomic mass is 9.95. The monoisotopic (exact) mass is 261 g/mol. The van der Waals surface area contributed by atoms with Crippen molar-refractivity contribution in [2.24, 2.45) is 0 Å². The molecule has 2 aromatic rings. The van der Waals surface area contributed by atoms with Gasteiger partial charge in [0.2, 0.25) is 0 Å². The molecular weight excluding hydrogens is 244 g/mol. The van der Waals surface area contributed by atoms with E-state index < -0.39 is 11.6 Å². The van der Waals surface area contributed by atoms with Gasteiger partial charge in [0, 0.05) is 6.54 Å². The summed E-state index contributed by atoms with van der Waals surface area (Å²) >= 11 is 0. The van der Waals surface area contributed by atoms with Crippen LogP contribution in [0.4, 0.5) is 8.78 Å². The van der Waals surface area contributed by atoms with Gasteiger partial charge in [-0.15, -0.1) is 0 Å². The maximum Gasteiger partial charge on any atom is 0.136 e. The third-order valence-electron chi connectivity index (χ3n) is 3.24. The SMILES string of the molecule is CNCc1ccc(C)c(-c2c(F)ccc(C)c2F)c1. The van der Waals surface area contributed by atoms with Crippen LogP contribution in [-0.2, 0) is 6.54 Å². The number of nitrogens with one attached hydrogen (secondary N) is 1. The Morgan fingerprint density at radius 2 is 1.68 bits per heavy atom. The van der Waals surface area contributed by atoms with Crippen LogP contribution in [0, 0.1) is 25.5 Å². The number of halogens is 2. The van der Waals surface area contributed by atoms with Crippen molar-refractivity contribution in [1.29, 1.82) is 0 Å². The minimum atomic E-state index is -0.521. The Morgan fingerprint density at radius 3 is 2.37 bits per heavy atom. The van der Waals surface area contributed by atoms with E-state index in [2.05, 4.69) is 5.32 Å². The Kier molecular flexibility index (Phi) is 3.96. The number of aryl methyl sites for hydroxylation is 2. The molecule has 0 saturated carbocycles. The molecule has 0 saturated heterocycles. The van der Waals surface area contributed by atoms with Gasteiger partial charge in [-0.2, -0.15) is 0 Å². The Bertz CT molecular complexity index is 606. The van der Waals surface area contributed by atoms with Crippen molar-refractivity contribution in [3.8, 4) is 11.1 Å². The summed E-state index contributed by atoms with van der Waals surface area (Å²) in [6.45, 7) is 4.17. The van der Waals surface area contributed by atoms with Crippen molar-refractivity contribution in [3.63, 3.8) is 0 Å². The van der Waals surface area contributed by atoms with E-state index in [0.717, 1.165) is 11.1 Å². The van der Waals surface area contributed by atoms with Crippen LogP contribution in [-0.4, -0.2) is 7.05 Å². The zero-order chi connectivity index (χ0) is 14.0. The fourth-order valence-corrected chi connectivity index (χ4v) is 2.16. The highest BCUT2D eigenvalue weighted by Crippen LogP contribution is 2.31. The van der Waals surface area contributed by atoms with Crippen LogP contribution < -0.4 is 5.32 Å². The molecule has 0 atom stereocenters. The van der Waals surface area contributed by atoms with Gasteiger partial charge in [0.15, 0.2) is 0 Å². The molecule has 2 aromatic carbocycles. The first-order valence-electron chi connectivity index (χ1n) is 6.23. The normalized spacial score (nSPS) is 10.8. The van der Waals surface area contributed by atoms with E-state index in [1.165, 1.54) is 12.1 Å². The van der Waals surface area contributed by atoms with E-state index in [1.807, 2.05) is 32.2 Å². The van der Waals surface area contributed by atoms with E-state index in [1.54, 1.807) is 6.92 Å². The smallest absolute Gasteiger partial charge is 0.136 e. The van der Waals surface area contributed by atoms with Crippen molar-refractivity contribution >= 4 is 0 Å². The van der Waals surface area contributed by atoms with Gasteiger partial charge < -0.3 is 5.32 Å². The zero-order valence-electron chi connectivity index (χ0n) is 11.3. The van der Waals surface area contributed by atoms with Gasteiger partial charge in [-0.25, -0.2) is 8.78 Å². The molecule has 3 heteroatoms. The Balaban J connectivity index is 2.64. The average Bonchev–Trinajstić information content (AvgIpc) is 2.38. The maximum atomic E-state index is 14.2. The summed E-state index contributed by atoms with van der Waals surface area (Å²) in [4.78, 5) is 0. The standard InChI is InChI=1S/C16H17F2N/c1-10-4-6-12(9-19-3)8-13(10)15-14(17)7-5-11(2)16(15)18/h4-8,19H,9H2,1-3H3. The molecule has 0 aromatic heterocycles. The predicted molar refractivity (Wildman–Crippen MR) is 74.0 cm³/mol. The van der Waals surface area contributed by atoms with E-state index in [9.17, 15) is 8.78 Å². The van der Waals surface area contributed by atoms with Crippen LogP contribution in [0.3, 0.4) is 0 Å². The van der Waals surface area contributed by atoms with Gasteiger partial charge in [0.25, 0.3) is 0 Å². The number of hydrogen-bond acceptors (Lipinski definition) is 1. The molecule has 0 heterocycles. The molecule has 0 fully saturated rings. The van der Waals surface area contributed by atoms with Crippen LogP contribution in [0.5, 0.6) is 0 Å². The molecule has 1 nitrogen and oxygen atoms in total. The van der Waals surface area contributed by atoms with Crippen LogP contribution in [0.2, 0.25) is 0 Å². The van der Waals surface area contributed by atoms with E-state index >= 15 is 0 Å². The number of hydrogen-bond donors (Lipinski definition) is 1. The first-order chi connectivity index (χ1) is 9.04. The van der Waals surface area contributed by atoms with Crippen LogP contribution in [0.25, 0.3) is 11.1 Å². The third kappa shape index (κ3) is 2.66. The molecule has 0 radical (unpaired) electrons. The average molecular weight is 261 g/mol. The largest absolute Gasteiger partial charge is 0.316 e. The fraction of sp³-hybridized carbons (Fsp3) is 0.250. The Morgan fingerprint density at radius 1 is 1.00 bits per heavy atom. The minimum absolute atomic E-state index is 0.0652. The first kappa shape index (κ1) is 13.7. The lowest BCUT2D eigenvalue weighted by molar-refractivity contribution is 0.583. The molecule has 0 amide bonds. The van der Waals surface area contributed by atoms with Gasteiger partial charge in [-0.1, -0.05) is 18.2 Å². The van der Waals surface area contributed by atoms with Crippen molar-refractivity contribution in [1.82, 2.24) is 5.32 Å². The van der Waals surface area contributed by atoms with Gasteiger partial charge in [-0.05, 0) is 55.3 Å². The molecule has 0 bridgehead atoms. The zero-order valence-corrected chi connectivity index (χ0v) is 11.3. The van der Waals surface area contributed by atoms with Gasteiger partial charge in [0.05, 0.1) is 5.56 Å². The summed E-state index contributed by atoms with van der Waals surface area (Å²) < 4.78 is 28.1. The molecule has 0 aliphatic carbocycles. The number of rotatable bonds is 3. The second kappa shape index (κ2) is 5.49. The third-order valence-corrected chi connectivity index (χ3v) is 3.24. The van der Waals surface area contributed by atoms with Crippen LogP contribution >= 0.6 is 0 Å². The highest BCUT2D eigenvalue weighted by atomic mass is 19.1. The molecule has 0 spiro atoms. The van der Waals surface area contributed by atoms with Crippen molar-refractivity contribution in [3.05, 3.63) is 58.7 Å². The van der Waals surface area contributed by atoms with E-state index in [-0.39, 0.29) is 5.56 Å². The Hall–Kier alpha value is -1.74. The molecular formula is C16H17F2N.